The number of benzene rings is 1. The van der Waals surface area contributed by atoms with Crippen molar-refractivity contribution in [1.82, 2.24) is 9.97 Å². The topological polar surface area (TPSA) is 84.2 Å². The molecule has 1 unspecified atom stereocenters. The van der Waals surface area contributed by atoms with Crippen LogP contribution in [0.4, 0.5) is 0 Å². The molecule has 0 bridgehead atoms. The number of nitrogens with zero attached hydrogens (tertiary/aromatic N) is 1. The zero-order chi connectivity index (χ0) is 13.9. The zero-order valence-corrected chi connectivity index (χ0v) is 12.0. The number of aromatic amines is 1. The summed E-state index contributed by atoms with van der Waals surface area (Å²) >= 11 is 1.46. The summed E-state index contributed by atoms with van der Waals surface area (Å²) in [5.41, 5.74) is 6.43. The maximum atomic E-state index is 9.87. The van der Waals surface area contributed by atoms with Crippen molar-refractivity contribution in [2.75, 3.05) is 18.9 Å². The largest absolute Gasteiger partial charge is 0.494 e. The highest BCUT2D eigenvalue weighted by Gasteiger charge is 2.19. The summed E-state index contributed by atoms with van der Waals surface area (Å²) in [6.07, 6.45) is 0. The van der Waals surface area contributed by atoms with Crippen LogP contribution in [0, 0.1) is 0 Å². The number of hydrogen-bond acceptors (Lipinski definition) is 5. The summed E-state index contributed by atoms with van der Waals surface area (Å²) in [7, 11) is 0. The second-order valence-electron chi connectivity index (χ2n) is 4.64. The molecule has 1 aromatic heterocycles. The van der Waals surface area contributed by atoms with E-state index in [2.05, 4.69) is 9.97 Å². The molecule has 2 aromatic rings. The molecule has 1 aromatic carbocycles. The van der Waals surface area contributed by atoms with Crippen molar-refractivity contribution in [3.8, 4) is 5.75 Å². The maximum Gasteiger partial charge on any atom is 0.166 e. The van der Waals surface area contributed by atoms with E-state index in [-0.39, 0.29) is 6.54 Å². The van der Waals surface area contributed by atoms with Crippen LogP contribution < -0.4 is 10.5 Å². The van der Waals surface area contributed by atoms with Crippen molar-refractivity contribution in [3.05, 3.63) is 18.2 Å². The Morgan fingerprint density at radius 1 is 1.53 bits per heavy atom. The van der Waals surface area contributed by atoms with Crippen LogP contribution in [0.2, 0.25) is 0 Å². The molecule has 2 rings (SSSR count). The fourth-order valence-electron chi connectivity index (χ4n) is 1.57. The van der Waals surface area contributed by atoms with Crippen LogP contribution in [0.3, 0.4) is 0 Å². The maximum absolute atomic E-state index is 9.87. The summed E-state index contributed by atoms with van der Waals surface area (Å²) < 4.78 is 5.44. The minimum absolute atomic E-state index is 0.231. The molecule has 5 nitrogen and oxygen atoms in total. The molecule has 0 spiro atoms. The molecule has 4 N–H and O–H groups in total. The predicted molar refractivity (Wildman–Crippen MR) is 77.7 cm³/mol. The van der Waals surface area contributed by atoms with E-state index < -0.39 is 5.60 Å². The SMILES string of the molecule is CCOc1ccc2nc(SCC(C)(O)CN)[nH]c2c1. The van der Waals surface area contributed by atoms with Gasteiger partial charge in [-0.15, -0.1) is 0 Å². The fourth-order valence-corrected chi connectivity index (χ4v) is 2.48. The van der Waals surface area contributed by atoms with E-state index >= 15 is 0 Å². The van der Waals surface area contributed by atoms with E-state index in [4.69, 9.17) is 10.5 Å². The second kappa shape index (κ2) is 5.81. The molecule has 0 aliphatic carbocycles. The van der Waals surface area contributed by atoms with E-state index in [9.17, 15) is 5.11 Å². The number of nitrogens with one attached hydrogen (secondary N) is 1. The number of nitrogens with two attached hydrogens (primary N) is 1. The van der Waals surface area contributed by atoms with Crippen molar-refractivity contribution in [2.45, 2.75) is 24.6 Å². The van der Waals surface area contributed by atoms with Crippen LogP contribution in [0.25, 0.3) is 11.0 Å². The van der Waals surface area contributed by atoms with Crippen molar-refractivity contribution in [3.63, 3.8) is 0 Å². The van der Waals surface area contributed by atoms with E-state index in [1.807, 2.05) is 25.1 Å². The molecule has 0 amide bonds. The number of hydrogen-bond donors (Lipinski definition) is 3. The first kappa shape index (κ1) is 14.2. The number of thioether (sulfide) groups is 1. The average molecular weight is 281 g/mol. The highest BCUT2D eigenvalue weighted by atomic mass is 32.2. The quantitative estimate of drug-likeness (QED) is 0.703. The third-order valence-electron chi connectivity index (χ3n) is 2.70. The Bertz CT molecular complexity index is 554. The lowest BCUT2D eigenvalue weighted by Crippen LogP contribution is -2.36. The standard InChI is InChI=1S/C13H19N3O2S/c1-3-18-9-4-5-10-11(6-9)16-12(15-10)19-8-13(2,17)7-14/h4-6,17H,3,7-8,14H2,1-2H3,(H,15,16). The first-order chi connectivity index (χ1) is 9.04. The number of aromatic nitrogens is 2. The average Bonchev–Trinajstić information content (AvgIpc) is 2.79. The van der Waals surface area contributed by atoms with Crippen molar-refractivity contribution < 1.29 is 9.84 Å². The van der Waals surface area contributed by atoms with Gasteiger partial charge in [0.25, 0.3) is 0 Å². The normalized spacial score (nSPS) is 14.5. The van der Waals surface area contributed by atoms with Gasteiger partial charge in [-0.25, -0.2) is 4.98 Å². The van der Waals surface area contributed by atoms with Gasteiger partial charge in [-0.1, -0.05) is 11.8 Å². The lowest BCUT2D eigenvalue weighted by molar-refractivity contribution is 0.0949. The van der Waals surface area contributed by atoms with Gasteiger partial charge in [0.2, 0.25) is 0 Å². The van der Waals surface area contributed by atoms with E-state index in [0.717, 1.165) is 21.9 Å². The van der Waals surface area contributed by atoms with Crippen molar-refractivity contribution >= 4 is 22.8 Å². The smallest absolute Gasteiger partial charge is 0.166 e. The molecule has 6 heteroatoms. The molecular weight excluding hydrogens is 262 g/mol. The Morgan fingerprint density at radius 2 is 2.32 bits per heavy atom. The molecule has 104 valence electrons. The zero-order valence-electron chi connectivity index (χ0n) is 11.1. The third-order valence-corrected chi connectivity index (χ3v) is 3.94. The van der Waals surface area contributed by atoms with Gasteiger partial charge in [-0.3, -0.25) is 0 Å². The number of rotatable bonds is 6. The van der Waals surface area contributed by atoms with Crippen LogP contribution in [0.15, 0.2) is 23.4 Å². The molecular formula is C13H19N3O2S. The predicted octanol–water partition coefficient (Wildman–Crippen LogP) is 1.76. The van der Waals surface area contributed by atoms with Gasteiger partial charge in [-0.2, -0.15) is 0 Å². The molecule has 0 saturated carbocycles. The highest BCUT2D eigenvalue weighted by Crippen LogP contribution is 2.25. The van der Waals surface area contributed by atoms with Gasteiger partial charge in [0, 0.05) is 18.4 Å². The number of H-pyrrole nitrogens is 1. The molecule has 1 heterocycles. The van der Waals surface area contributed by atoms with Crippen LogP contribution in [-0.4, -0.2) is 39.6 Å². The Hall–Kier alpha value is -1.24. The monoisotopic (exact) mass is 281 g/mol. The number of imidazole rings is 1. The third kappa shape index (κ3) is 3.62. The Labute approximate surface area is 116 Å². The molecule has 0 fully saturated rings. The Morgan fingerprint density at radius 3 is 3.00 bits per heavy atom. The molecule has 0 radical (unpaired) electrons. The minimum atomic E-state index is -0.875. The fraction of sp³-hybridized carbons (Fsp3) is 0.462. The minimum Gasteiger partial charge on any atom is -0.494 e. The van der Waals surface area contributed by atoms with Gasteiger partial charge < -0.3 is 20.6 Å². The van der Waals surface area contributed by atoms with Gasteiger partial charge in [-0.05, 0) is 26.0 Å². The summed E-state index contributed by atoms with van der Waals surface area (Å²) in [5.74, 6) is 1.32. The van der Waals surface area contributed by atoms with E-state index in [0.29, 0.717) is 12.4 Å². The van der Waals surface area contributed by atoms with Crippen LogP contribution in [-0.2, 0) is 0 Å². The van der Waals surface area contributed by atoms with Gasteiger partial charge in [0.05, 0.1) is 23.2 Å². The van der Waals surface area contributed by atoms with Crippen molar-refractivity contribution in [1.29, 1.82) is 0 Å². The number of aliphatic hydroxyl groups is 1. The number of fused-ring (bicyclic) bond motifs is 1. The molecule has 19 heavy (non-hydrogen) atoms. The summed E-state index contributed by atoms with van der Waals surface area (Å²) in [4.78, 5) is 7.66. The van der Waals surface area contributed by atoms with Crippen LogP contribution >= 0.6 is 11.8 Å². The molecule has 0 saturated heterocycles. The molecule has 0 aliphatic heterocycles. The number of ether oxygens (including phenoxy) is 1. The highest BCUT2D eigenvalue weighted by molar-refractivity contribution is 7.99. The van der Waals surface area contributed by atoms with Crippen LogP contribution in [0.1, 0.15) is 13.8 Å². The Kier molecular flexibility index (Phi) is 4.34. The summed E-state index contributed by atoms with van der Waals surface area (Å²) in [6, 6.07) is 5.75. The van der Waals surface area contributed by atoms with Gasteiger partial charge in [0.15, 0.2) is 5.16 Å². The molecule has 0 aliphatic rings. The summed E-state index contributed by atoms with van der Waals surface area (Å²) in [6.45, 7) is 4.54. The van der Waals surface area contributed by atoms with E-state index in [1.54, 1.807) is 6.92 Å². The van der Waals surface area contributed by atoms with Crippen molar-refractivity contribution in [2.24, 2.45) is 5.73 Å². The second-order valence-corrected chi connectivity index (χ2v) is 5.61. The Balaban J connectivity index is 2.13. The lowest BCUT2D eigenvalue weighted by Gasteiger charge is -2.19. The lowest BCUT2D eigenvalue weighted by atomic mass is 10.1. The van der Waals surface area contributed by atoms with Gasteiger partial charge in [0.1, 0.15) is 5.75 Å². The van der Waals surface area contributed by atoms with Gasteiger partial charge >= 0.3 is 0 Å². The molecule has 1 atom stereocenters. The first-order valence-corrected chi connectivity index (χ1v) is 7.20. The first-order valence-electron chi connectivity index (χ1n) is 6.22. The summed E-state index contributed by atoms with van der Waals surface area (Å²) in [5, 5.41) is 10.6. The van der Waals surface area contributed by atoms with Crippen LogP contribution in [0.5, 0.6) is 5.75 Å². The van der Waals surface area contributed by atoms with E-state index in [1.165, 1.54) is 11.8 Å².